The van der Waals surface area contributed by atoms with Gasteiger partial charge in [-0.15, -0.1) is 0 Å². The number of fused-ring (bicyclic) bond motifs is 2. The van der Waals surface area contributed by atoms with Crippen molar-refractivity contribution < 1.29 is 65.4 Å². The summed E-state index contributed by atoms with van der Waals surface area (Å²) in [7, 11) is 0. The standard InChI is InChI=1S/C20H20.2Y/c1-2-8-17-14-18(13-12-15(17)6-1)20-11-5-9-16-7-3-4-10-19(16)20;;/h1,4-5,9,11-14H,2-3,6-8,10H2;;/q-2;;. The van der Waals surface area contributed by atoms with Crippen LogP contribution in [0.3, 0.4) is 0 Å². The van der Waals surface area contributed by atoms with Crippen molar-refractivity contribution in [3.05, 3.63) is 71.5 Å². The Morgan fingerprint density at radius 3 is 2.36 bits per heavy atom. The first-order valence-corrected chi connectivity index (χ1v) is 7.78. The van der Waals surface area contributed by atoms with E-state index in [1.165, 1.54) is 42.4 Å². The molecule has 0 heterocycles. The fourth-order valence-corrected chi connectivity index (χ4v) is 3.62. The Hall–Kier alpha value is 0.648. The van der Waals surface area contributed by atoms with Crippen LogP contribution in [0.15, 0.2) is 36.4 Å². The van der Waals surface area contributed by atoms with Crippen molar-refractivity contribution >= 4 is 0 Å². The van der Waals surface area contributed by atoms with Crippen LogP contribution in [-0.2, 0) is 91.1 Å². The summed E-state index contributed by atoms with van der Waals surface area (Å²) in [6, 6.07) is 13.9. The zero-order chi connectivity index (χ0) is 13.4. The van der Waals surface area contributed by atoms with Gasteiger partial charge in [-0.25, -0.2) is 0 Å². The number of benzene rings is 2. The van der Waals surface area contributed by atoms with E-state index in [9.17, 15) is 0 Å². The van der Waals surface area contributed by atoms with Crippen LogP contribution in [-0.4, -0.2) is 0 Å². The van der Waals surface area contributed by atoms with Crippen LogP contribution in [0.1, 0.15) is 35.1 Å². The maximum atomic E-state index is 2.44. The number of aryl methyl sites for hydroxylation is 2. The molecule has 0 fully saturated rings. The predicted octanol–water partition coefficient (Wildman–Crippen LogP) is 4.73. The van der Waals surface area contributed by atoms with Gasteiger partial charge in [-0.2, -0.15) is 25.7 Å². The Labute approximate surface area is 184 Å². The summed E-state index contributed by atoms with van der Waals surface area (Å²) in [6.45, 7) is 0. The summed E-state index contributed by atoms with van der Waals surface area (Å²) in [5.74, 6) is 0. The smallest absolute Gasteiger partial charge is 0 e. The van der Waals surface area contributed by atoms with Crippen LogP contribution in [0.4, 0.5) is 0 Å². The zero-order valence-corrected chi connectivity index (χ0v) is 18.7. The summed E-state index contributed by atoms with van der Waals surface area (Å²) >= 11 is 0. The van der Waals surface area contributed by atoms with Crippen LogP contribution < -0.4 is 0 Å². The molecule has 4 rings (SSSR count). The third kappa shape index (κ3) is 3.83. The number of hydrogen-bond donors (Lipinski definition) is 0. The molecule has 0 atom stereocenters. The van der Waals surface area contributed by atoms with E-state index in [1.54, 1.807) is 16.7 Å². The van der Waals surface area contributed by atoms with Crippen molar-refractivity contribution in [1.82, 2.24) is 0 Å². The number of hydrogen-bond acceptors (Lipinski definition) is 0. The van der Waals surface area contributed by atoms with Crippen molar-refractivity contribution in [2.45, 2.75) is 38.5 Å². The Bertz CT molecular complexity index is 646. The minimum absolute atomic E-state index is 0. The fraction of sp³-hybridized carbons (Fsp3) is 0.300. The zero-order valence-electron chi connectivity index (χ0n) is 13.0. The molecule has 0 bridgehead atoms. The van der Waals surface area contributed by atoms with E-state index < -0.39 is 0 Å². The predicted molar refractivity (Wildman–Crippen MR) is 84.5 cm³/mol. The molecule has 0 saturated carbocycles. The quantitative estimate of drug-likeness (QED) is 0.565. The molecule has 0 nitrogen and oxygen atoms in total. The van der Waals surface area contributed by atoms with Gasteiger partial charge in [0.25, 0.3) is 0 Å². The SMILES string of the molecule is [Y].[Y].c1cc2c(c(-c3ccc4c(c3)CC[CH-]C4)c1)C[CH-]CC2. The van der Waals surface area contributed by atoms with Gasteiger partial charge in [-0.05, 0) is 22.3 Å². The Morgan fingerprint density at radius 1 is 0.727 bits per heavy atom. The molecule has 2 heteroatoms. The van der Waals surface area contributed by atoms with Crippen molar-refractivity contribution in [2.24, 2.45) is 0 Å². The largest absolute Gasteiger partial charge is 0.324 e. The third-order valence-corrected chi connectivity index (χ3v) is 4.74. The molecule has 0 aromatic heterocycles. The average Bonchev–Trinajstić information content (AvgIpc) is 2.54. The molecule has 2 aliphatic rings. The van der Waals surface area contributed by atoms with Crippen LogP contribution >= 0.6 is 0 Å². The van der Waals surface area contributed by atoms with Gasteiger partial charge in [-0.3, -0.25) is 0 Å². The topological polar surface area (TPSA) is 0 Å². The first-order valence-electron chi connectivity index (χ1n) is 7.78. The van der Waals surface area contributed by atoms with Crippen LogP contribution in [0.25, 0.3) is 11.1 Å². The molecule has 22 heavy (non-hydrogen) atoms. The second-order valence-corrected chi connectivity index (χ2v) is 5.99. The second-order valence-electron chi connectivity index (χ2n) is 5.99. The van der Waals surface area contributed by atoms with E-state index in [1.807, 2.05) is 0 Å². The first kappa shape index (κ1) is 19.0. The van der Waals surface area contributed by atoms with Crippen LogP contribution in [0, 0.1) is 12.8 Å². The van der Waals surface area contributed by atoms with Gasteiger partial charge in [-0.1, -0.05) is 60.4 Å². The summed E-state index contributed by atoms with van der Waals surface area (Å²) in [6.07, 6.45) is 12.0. The molecule has 2 aliphatic carbocycles. The normalized spacial score (nSPS) is 15.8. The molecule has 0 amide bonds. The van der Waals surface area contributed by atoms with Gasteiger partial charge in [0.1, 0.15) is 0 Å². The maximum absolute atomic E-state index is 2.44. The van der Waals surface area contributed by atoms with Gasteiger partial charge in [0.05, 0.1) is 0 Å². The van der Waals surface area contributed by atoms with Gasteiger partial charge in [0.2, 0.25) is 0 Å². The molecule has 108 valence electrons. The Balaban J connectivity index is 0.000000882. The Morgan fingerprint density at radius 2 is 1.50 bits per heavy atom. The van der Waals surface area contributed by atoms with Crippen LogP contribution in [0.2, 0.25) is 0 Å². The monoisotopic (exact) mass is 438 g/mol. The van der Waals surface area contributed by atoms with E-state index in [4.69, 9.17) is 0 Å². The molecule has 2 radical (unpaired) electrons. The fourth-order valence-electron chi connectivity index (χ4n) is 3.62. The molecule has 0 aliphatic heterocycles. The third-order valence-electron chi connectivity index (χ3n) is 4.74. The minimum Gasteiger partial charge on any atom is -0.324 e. The van der Waals surface area contributed by atoms with E-state index >= 15 is 0 Å². The van der Waals surface area contributed by atoms with Gasteiger partial charge in [0.15, 0.2) is 0 Å². The van der Waals surface area contributed by atoms with Crippen LogP contribution in [0.5, 0.6) is 0 Å². The van der Waals surface area contributed by atoms with Crippen molar-refractivity contribution in [3.63, 3.8) is 0 Å². The Kier molecular flexibility index (Phi) is 7.47. The minimum atomic E-state index is 0. The van der Waals surface area contributed by atoms with E-state index in [2.05, 4.69) is 49.2 Å². The molecule has 2 aromatic rings. The first-order chi connectivity index (χ1) is 9.92. The maximum Gasteiger partial charge on any atom is 0 e. The summed E-state index contributed by atoms with van der Waals surface area (Å²) in [5, 5.41) is 0. The number of rotatable bonds is 1. The van der Waals surface area contributed by atoms with E-state index in [0.29, 0.717) is 0 Å². The van der Waals surface area contributed by atoms with Crippen molar-refractivity contribution in [3.8, 4) is 11.1 Å². The van der Waals surface area contributed by atoms with Crippen molar-refractivity contribution in [1.29, 1.82) is 0 Å². The molecule has 0 unspecified atom stereocenters. The van der Waals surface area contributed by atoms with Gasteiger partial charge in [0, 0.05) is 65.4 Å². The molecular formula is C20H20Y2-2. The van der Waals surface area contributed by atoms with Gasteiger partial charge >= 0.3 is 0 Å². The average molecular weight is 438 g/mol. The van der Waals surface area contributed by atoms with E-state index in [-0.39, 0.29) is 65.4 Å². The summed E-state index contributed by atoms with van der Waals surface area (Å²) < 4.78 is 0. The summed E-state index contributed by atoms with van der Waals surface area (Å²) in [5.41, 5.74) is 9.06. The molecule has 0 spiro atoms. The van der Waals surface area contributed by atoms with E-state index in [0.717, 1.165) is 12.8 Å². The van der Waals surface area contributed by atoms with Gasteiger partial charge < -0.3 is 12.8 Å². The summed E-state index contributed by atoms with van der Waals surface area (Å²) in [4.78, 5) is 0. The molecular weight excluding hydrogens is 418 g/mol. The molecule has 0 saturated heterocycles. The molecule has 0 N–H and O–H groups in total. The van der Waals surface area contributed by atoms with Crippen molar-refractivity contribution in [2.75, 3.05) is 0 Å². The second kappa shape index (κ2) is 8.66. The molecule has 2 aromatic carbocycles.